The number of nitrogens with zero attached hydrogens (tertiary/aromatic N) is 3. The van der Waals surface area contributed by atoms with E-state index in [1.807, 2.05) is 44.4 Å². The SMILES string of the molecule is CN(C)c1ccccc1NCc1ccnc(C#N)c1. The Kier molecular flexibility index (Phi) is 3.99. The maximum atomic E-state index is 8.82. The summed E-state index contributed by atoms with van der Waals surface area (Å²) in [5.41, 5.74) is 3.69. The number of rotatable bonds is 4. The second-order valence-corrected chi connectivity index (χ2v) is 4.43. The van der Waals surface area contributed by atoms with Crippen LogP contribution in [0.4, 0.5) is 11.4 Å². The van der Waals surface area contributed by atoms with E-state index in [1.54, 1.807) is 12.3 Å². The van der Waals surface area contributed by atoms with Crippen LogP contribution in [0, 0.1) is 11.3 Å². The van der Waals surface area contributed by atoms with Crippen LogP contribution in [0.25, 0.3) is 0 Å². The van der Waals surface area contributed by atoms with Crippen molar-refractivity contribution < 1.29 is 0 Å². The molecule has 0 bridgehead atoms. The molecule has 0 radical (unpaired) electrons. The van der Waals surface area contributed by atoms with Crippen LogP contribution in [-0.4, -0.2) is 19.1 Å². The van der Waals surface area contributed by atoms with Crippen molar-refractivity contribution in [3.8, 4) is 6.07 Å². The molecule has 2 aromatic rings. The lowest BCUT2D eigenvalue weighted by atomic mass is 10.2. The fourth-order valence-corrected chi connectivity index (χ4v) is 1.86. The third kappa shape index (κ3) is 3.23. The van der Waals surface area contributed by atoms with E-state index >= 15 is 0 Å². The monoisotopic (exact) mass is 252 g/mol. The second kappa shape index (κ2) is 5.87. The van der Waals surface area contributed by atoms with Crippen molar-refractivity contribution in [2.45, 2.75) is 6.54 Å². The number of aromatic nitrogens is 1. The third-order valence-corrected chi connectivity index (χ3v) is 2.81. The van der Waals surface area contributed by atoms with Gasteiger partial charge in [0.1, 0.15) is 11.8 Å². The zero-order chi connectivity index (χ0) is 13.7. The van der Waals surface area contributed by atoms with Crippen LogP contribution < -0.4 is 10.2 Å². The van der Waals surface area contributed by atoms with Gasteiger partial charge in [0, 0.05) is 26.8 Å². The summed E-state index contributed by atoms with van der Waals surface area (Å²) >= 11 is 0. The van der Waals surface area contributed by atoms with Crippen molar-refractivity contribution in [3.63, 3.8) is 0 Å². The molecule has 0 atom stereocenters. The molecule has 4 heteroatoms. The van der Waals surface area contributed by atoms with Gasteiger partial charge in [-0.3, -0.25) is 0 Å². The Morgan fingerprint density at radius 3 is 2.79 bits per heavy atom. The number of hydrogen-bond donors (Lipinski definition) is 1. The number of pyridine rings is 1. The average Bonchev–Trinajstić information content (AvgIpc) is 2.45. The number of nitrogens with one attached hydrogen (secondary N) is 1. The molecule has 19 heavy (non-hydrogen) atoms. The summed E-state index contributed by atoms with van der Waals surface area (Å²) in [4.78, 5) is 6.03. The zero-order valence-electron chi connectivity index (χ0n) is 11.1. The maximum absolute atomic E-state index is 8.82. The molecule has 0 unspecified atom stereocenters. The molecule has 0 aliphatic rings. The van der Waals surface area contributed by atoms with E-state index in [9.17, 15) is 0 Å². The quantitative estimate of drug-likeness (QED) is 0.908. The minimum absolute atomic E-state index is 0.445. The lowest BCUT2D eigenvalue weighted by Crippen LogP contribution is -2.12. The Morgan fingerprint density at radius 2 is 2.05 bits per heavy atom. The first-order valence-corrected chi connectivity index (χ1v) is 6.06. The lowest BCUT2D eigenvalue weighted by molar-refractivity contribution is 1.09. The van der Waals surface area contributed by atoms with Crippen molar-refractivity contribution in [1.82, 2.24) is 4.98 Å². The summed E-state index contributed by atoms with van der Waals surface area (Å²) in [5.74, 6) is 0. The molecular formula is C15H16N4. The fourth-order valence-electron chi connectivity index (χ4n) is 1.86. The van der Waals surface area contributed by atoms with Crippen LogP contribution in [0.15, 0.2) is 42.6 Å². The van der Waals surface area contributed by atoms with Crippen LogP contribution >= 0.6 is 0 Å². The number of hydrogen-bond acceptors (Lipinski definition) is 4. The molecule has 1 heterocycles. The summed E-state index contributed by atoms with van der Waals surface area (Å²) in [5, 5.41) is 12.2. The van der Waals surface area contributed by atoms with Crippen LogP contribution in [0.1, 0.15) is 11.3 Å². The van der Waals surface area contributed by atoms with Crippen molar-refractivity contribution in [2.24, 2.45) is 0 Å². The van der Waals surface area contributed by atoms with E-state index in [2.05, 4.69) is 21.3 Å². The highest BCUT2D eigenvalue weighted by Gasteiger charge is 2.03. The smallest absolute Gasteiger partial charge is 0.140 e. The van der Waals surface area contributed by atoms with Crippen molar-refractivity contribution in [3.05, 3.63) is 53.9 Å². The van der Waals surface area contributed by atoms with Gasteiger partial charge in [0.25, 0.3) is 0 Å². The minimum atomic E-state index is 0.445. The van der Waals surface area contributed by atoms with Gasteiger partial charge in [0.05, 0.1) is 11.4 Å². The van der Waals surface area contributed by atoms with E-state index in [1.165, 1.54) is 0 Å². The predicted octanol–water partition coefficient (Wildman–Crippen LogP) is 2.63. The van der Waals surface area contributed by atoms with E-state index in [4.69, 9.17) is 5.26 Å². The standard InChI is InChI=1S/C15H16N4/c1-19(2)15-6-4-3-5-14(15)18-11-12-7-8-17-13(9-12)10-16/h3-9,18H,11H2,1-2H3. The van der Waals surface area contributed by atoms with Crippen molar-refractivity contribution in [1.29, 1.82) is 5.26 Å². The topological polar surface area (TPSA) is 52.0 Å². The molecule has 0 amide bonds. The average molecular weight is 252 g/mol. The molecule has 1 aromatic heterocycles. The number of anilines is 2. The molecule has 0 saturated heterocycles. The maximum Gasteiger partial charge on any atom is 0.140 e. The molecule has 1 N–H and O–H groups in total. The first-order chi connectivity index (χ1) is 9.20. The molecule has 96 valence electrons. The van der Waals surface area contributed by atoms with Crippen molar-refractivity contribution >= 4 is 11.4 Å². The van der Waals surface area contributed by atoms with Gasteiger partial charge in [-0.15, -0.1) is 0 Å². The molecule has 0 saturated carbocycles. The molecule has 0 fully saturated rings. The van der Waals surface area contributed by atoms with Crippen LogP contribution in [-0.2, 0) is 6.54 Å². The summed E-state index contributed by atoms with van der Waals surface area (Å²) in [6.07, 6.45) is 1.66. The summed E-state index contributed by atoms with van der Waals surface area (Å²) < 4.78 is 0. The highest BCUT2D eigenvalue weighted by Crippen LogP contribution is 2.23. The first kappa shape index (κ1) is 12.9. The van der Waals surface area contributed by atoms with Gasteiger partial charge >= 0.3 is 0 Å². The number of para-hydroxylation sites is 2. The van der Waals surface area contributed by atoms with Crippen LogP contribution in [0.5, 0.6) is 0 Å². The summed E-state index contributed by atoms with van der Waals surface area (Å²) in [6.45, 7) is 0.669. The van der Waals surface area contributed by atoms with Crippen molar-refractivity contribution in [2.75, 3.05) is 24.3 Å². The molecule has 0 aliphatic carbocycles. The van der Waals surface area contributed by atoms with Gasteiger partial charge in [-0.2, -0.15) is 5.26 Å². The lowest BCUT2D eigenvalue weighted by Gasteiger charge is -2.18. The molecule has 0 aliphatic heterocycles. The van der Waals surface area contributed by atoms with E-state index < -0.39 is 0 Å². The van der Waals surface area contributed by atoms with Gasteiger partial charge in [-0.25, -0.2) is 4.98 Å². The number of nitriles is 1. The largest absolute Gasteiger partial charge is 0.379 e. The molecular weight excluding hydrogens is 236 g/mol. The van der Waals surface area contributed by atoms with Crippen LogP contribution in [0.2, 0.25) is 0 Å². The second-order valence-electron chi connectivity index (χ2n) is 4.43. The Bertz CT molecular complexity index is 599. The Balaban J connectivity index is 2.12. The van der Waals surface area contributed by atoms with Gasteiger partial charge < -0.3 is 10.2 Å². The minimum Gasteiger partial charge on any atom is -0.379 e. The highest BCUT2D eigenvalue weighted by molar-refractivity contribution is 5.69. The molecule has 1 aromatic carbocycles. The summed E-state index contributed by atoms with van der Waals surface area (Å²) in [6, 6.07) is 13.9. The number of benzene rings is 1. The van der Waals surface area contributed by atoms with Gasteiger partial charge in [-0.05, 0) is 29.8 Å². The fraction of sp³-hybridized carbons (Fsp3) is 0.200. The van der Waals surface area contributed by atoms with E-state index in [-0.39, 0.29) is 0 Å². The predicted molar refractivity (Wildman–Crippen MR) is 77.0 cm³/mol. The molecule has 0 spiro atoms. The molecule has 2 rings (SSSR count). The Hall–Kier alpha value is -2.54. The highest BCUT2D eigenvalue weighted by atomic mass is 15.1. The first-order valence-electron chi connectivity index (χ1n) is 6.06. The van der Waals surface area contributed by atoms with Gasteiger partial charge in [-0.1, -0.05) is 12.1 Å². The van der Waals surface area contributed by atoms with E-state index in [0.29, 0.717) is 12.2 Å². The Morgan fingerprint density at radius 1 is 1.26 bits per heavy atom. The van der Waals surface area contributed by atoms with Crippen LogP contribution in [0.3, 0.4) is 0 Å². The normalized spacial score (nSPS) is 9.74. The van der Waals surface area contributed by atoms with Gasteiger partial charge in [0.2, 0.25) is 0 Å². The van der Waals surface area contributed by atoms with Gasteiger partial charge in [0.15, 0.2) is 0 Å². The molecule has 4 nitrogen and oxygen atoms in total. The Labute approximate surface area is 113 Å². The zero-order valence-corrected chi connectivity index (χ0v) is 11.1. The third-order valence-electron chi connectivity index (χ3n) is 2.81. The summed E-state index contributed by atoms with van der Waals surface area (Å²) in [7, 11) is 4.03. The van der Waals surface area contributed by atoms with E-state index in [0.717, 1.165) is 16.9 Å².